The van der Waals surface area contributed by atoms with Crippen LogP contribution in [0.3, 0.4) is 0 Å². The van der Waals surface area contributed by atoms with Gasteiger partial charge in [0.15, 0.2) is 0 Å². The molecule has 0 atom stereocenters. The first-order chi connectivity index (χ1) is 13.9. The number of fused-ring (bicyclic) bond motifs is 1. The minimum atomic E-state index is -0.270. The molecule has 29 heavy (non-hydrogen) atoms. The van der Waals surface area contributed by atoms with Crippen LogP contribution < -0.4 is 10.9 Å². The zero-order valence-corrected chi connectivity index (χ0v) is 17.5. The van der Waals surface area contributed by atoms with Gasteiger partial charge in [-0.05, 0) is 46.6 Å². The summed E-state index contributed by atoms with van der Waals surface area (Å²) in [5, 5.41) is 3.32. The van der Waals surface area contributed by atoms with Crippen LogP contribution in [0.1, 0.15) is 18.7 Å². The molecule has 0 bridgehead atoms. The Labute approximate surface area is 176 Å². The number of nitrogens with zero attached hydrogens (tertiary/aromatic N) is 2. The molecule has 1 aromatic heterocycles. The van der Waals surface area contributed by atoms with Crippen molar-refractivity contribution in [2.24, 2.45) is 0 Å². The number of benzene rings is 2. The lowest BCUT2D eigenvalue weighted by molar-refractivity contribution is -0.133. The fourth-order valence-corrected chi connectivity index (χ4v) is 3.29. The average Bonchev–Trinajstić information content (AvgIpc) is 2.69. The first kappa shape index (κ1) is 20.7. The highest BCUT2D eigenvalue weighted by Gasteiger charge is 2.14. The maximum atomic E-state index is 12.3. The van der Waals surface area contributed by atoms with E-state index in [1.54, 1.807) is 31.3 Å². The maximum Gasteiger partial charge on any atom is 0.258 e. The van der Waals surface area contributed by atoms with Gasteiger partial charge in [0.2, 0.25) is 11.8 Å². The molecule has 3 rings (SSSR count). The van der Waals surface area contributed by atoms with Crippen molar-refractivity contribution in [3.8, 4) is 0 Å². The van der Waals surface area contributed by atoms with Gasteiger partial charge >= 0.3 is 0 Å². The van der Waals surface area contributed by atoms with E-state index in [0.717, 1.165) is 4.47 Å². The van der Waals surface area contributed by atoms with Gasteiger partial charge in [0.1, 0.15) is 5.82 Å². The number of amides is 2. The number of rotatable bonds is 7. The number of halogens is 1. The number of H-pyrrole nitrogens is 1. The molecular formula is C21H21BrN4O3. The molecule has 0 saturated heterocycles. The quantitative estimate of drug-likeness (QED) is 0.570. The van der Waals surface area contributed by atoms with E-state index >= 15 is 0 Å². The largest absolute Gasteiger partial charge is 0.336 e. The first-order valence-electron chi connectivity index (χ1n) is 9.20. The van der Waals surface area contributed by atoms with Gasteiger partial charge in [0.05, 0.1) is 23.1 Å². The second kappa shape index (κ2) is 9.47. The zero-order chi connectivity index (χ0) is 20.8. The second-order valence-corrected chi connectivity index (χ2v) is 7.52. The number of aryl methyl sites for hydroxylation is 1. The number of carbonyl (C=O) groups is 2. The third-order valence-electron chi connectivity index (χ3n) is 4.42. The Morgan fingerprint density at radius 3 is 2.66 bits per heavy atom. The molecule has 0 spiro atoms. The Kier molecular flexibility index (Phi) is 6.77. The number of likely N-dealkylation sites (N-methyl/N-ethyl adjacent to an activating group) is 1. The summed E-state index contributed by atoms with van der Waals surface area (Å²) < 4.78 is 0.777. The van der Waals surface area contributed by atoms with Crippen LogP contribution in [0.5, 0.6) is 0 Å². The molecule has 0 unspecified atom stereocenters. The van der Waals surface area contributed by atoms with Crippen LogP contribution in [0.15, 0.2) is 57.8 Å². The highest BCUT2D eigenvalue weighted by Crippen LogP contribution is 2.21. The molecule has 0 saturated carbocycles. The molecule has 0 aliphatic rings. The molecule has 2 aromatic carbocycles. The van der Waals surface area contributed by atoms with Crippen LogP contribution in [0, 0.1) is 0 Å². The van der Waals surface area contributed by atoms with Gasteiger partial charge in [-0.2, -0.15) is 0 Å². The molecule has 0 radical (unpaired) electrons. The summed E-state index contributed by atoms with van der Waals surface area (Å²) in [6, 6.07) is 14.4. The van der Waals surface area contributed by atoms with E-state index in [2.05, 4.69) is 31.2 Å². The minimum Gasteiger partial charge on any atom is -0.336 e. The Morgan fingerprint density at radius 1 is 1.14 bits per heavy atom. The summed E-state index contributed by atoms with van der Waals surface area (Å²) in [5.41, 5.74) is 1.11. The average molecular weight is 457 g/mol. The molecule has 0 aliphatic carbocycles. The van der Waals surface area contributed by atoms with Crippen LogP contribution in [0.4, 0.5) is 5.69 Å². The van der Waals surface area contributed by atoms with E-state index in [4.69, 9.17) is 0 Å². The third kappa shape index (κ3) is 5.51. The predicted molar refractivity (Wildman–Crippen MR) is 116 cm³/mol. The molecular weight excluding hydrogens is 436 g/mol. The molecule has 0 fully saturated rings. The van der Waals surface area contributed by atoms with E-state index in [9.17, 15) is 14.4 Å². The molecule has 3 aromatic rings. The van der Waals surface area contributed by atoms with Crippen molar-refractivity contribution in [1.29, 1.82) is 0 Å². The first-order valence-corrected chi connectivity index (χ1v) is 9.99. The number of nitrogens with one attached hydrogen (secondary N) is 2. The molecule has 2 N–H and O–H groups in total. The number of aromatic amines is 1. The van der Waals surface area contributed by atoms with Gasteiger partial charge in [-0.25, -0.2) is 4.98 Å². The summed E-state index contributed by atoms with van der Waals surface area (Å²) in [7, 11) is 1.60. The number of carbonyl (C=O) groups excluding carboxylic acids is 2. The highest BCUT2D eigenvalue weighted by atomic mass is 79.9. The predicted octanol–water partition coefficient (Wildman–Crippen LogP) is 3.11. The fraction of sp³-hybridized carbons (Fsp3) is 0.238. The monoisotopic (exact) mass is 456 g/mol. The van der Waals surface area contributed by atoms with Gasteiger partial charge in [-0.1, -0.05) is 24.3 Å². The molecule has 0 aliphatic heterocycles. The lowest BCUT2D eigenvalue weighted by atomic mass is 10.2. The fourth-order valence-electron chi connectivity index (χ4n) is 2.91. The molecule has 2 amide bonds. The van der Waals surface area contributed by atoms with Crippen molar-refractivity contribution < 1.29 is 9.59 Å². The molecule has 1 heterocycles. The summed E-state index contributed by atoms with van der Waals surface area (Å²) in [6.07, 6.45) is 1.26. The van der Waals surface area contributed by atoms with Crippen molar-refractivity contribution in [3.63, 3.8) is 0 Å². The highest BCUT2D eigenvalue weighted by molar-refractivity contribution is 9.10. The molecule has 7 nitrogen and oxygen atoms in total. The summed E-state index contributed by atoms with van der Waals surface area (Å²) in [5.74, 6) is 0.138. The number of hydrogen-bond acceptors (Lipinski definition) is 4. The molecule has 150 valence electrons. The lowest BCUT2D eigenvalue weighted by Gasteiger charge is -2.17. The third-order valence-corrected chi connectivity index (χ3v) is 5.11. The van der Waals surface area contributed by atoms with E-state index < -0.39 is 0 Å². The SMILES string of the molecule is CN(CC(=O)Nc1ccccc1Br)C(=O)CCCc1nc2ccccc2c(=O)[nH]1. The van der Waals surface area contributed by atoms with E-state index in [-0.39, 0.29) is 30.3 Å². The van der Waals surface area contributed by atoms with Crippen LogP contribution in [0.25, 0.3) is 10.9 Å². The topological polar surface area (TPSA) is 95.2 Å². The second-order valence-electron chi connectivity index (χ2n) is 6.66. The standard InChI is InChI=1S/C21H21BrN4O3/c1-26(13-19(27)24-17-10-5-3-8-15(17)22)20(28)12-6-11-18-23-16-9-4-2-7-14(16)21(29)25-18/h2-5,7-10H,6,11-13H2,1H3,(H,24,27)(H,23,25,29). The number of para-hydroxylation sites is 2. The summed E-state index contributed by atoms with van der Waals surface area (Å²) in [4.78, 5) is 45.1. The van der Waals surface area contributed by atoms with Crippen molar-refractivity contribution in [2.45, 2.75) is 19.3 Å². The van der Waals surface area contributed by atoms with Crippen LogP contribution in [-0.4, -0.2) is 40.3 Å². The lowest BCUT2D eigenvalue weighted by Crippen LogP contribution is -2.34. The zero-order valence-electron chi connectivity index (χ0n) is 15.9. The summed E-state index contributed by atoms with van der Waals surface area (Å²) in [6.45, 7) is -0.0365. The minimum absolute atomic E-state index is 0.0365. The van der Waals surface area contributed by atoms with Gasteiger partial charge in [-0.3, -0.25) is 14.4 Å². The van der Waals surface area contributed by atoms with Gasteiger partial charge in [-0.15, -0.1) is 0 Å². The Bertz CT molecular complexity index is 1100. The van der Waals surface area contributed by atoms with E-state index in [0.29, 0.717) is 35.3 Å². The van der Waals surface area contributed by atoms with Crippen molar-refractivity contribution in [3.05, 3.63) is 69.2 Å². The number of aromatic nitrogens is 2. The Balaban J connectivity index is 1.49. The van der Waals surface area contributed by atoms with Crippen molar-refractivity contribution in [2.75, 3.05) is 18.9 Å². The normalized spacial score (nSPS) is 10.7. The van der Waals surface area contributed by atoms with Crippen molar-refractivity contribution >= 4 is 44.3 Å². The van der Waals surface area contributed by atoms with Crippen molar-refractivity contribution in [1.82, 2.24) is 14.9 Å². The Morgan fingerprint density at radius 2 is 1.86 bits per heavy atom. The van der Waals surface area contributed by atoms with E-state index in [1.165, 1.54) is 4.90 Å². The number of hydrogen-bond donors (Lipinski definition) is 2. The number of anilines is 1. The smallest absolute Gasteiger partial charge is 0.258 e. The van der Waals surface area contributed by atoms with Gasteiger partial charge in [0, 0.05) is 24.4 Å². The van der Waals surface area contributed by atoms with Gasteiger partial charge < -0.3 is 15.2 Å². The van der Waals surface area contributed by atoms with Crippen LogP contribution in [-0.2, 0) is 16.0 Å². The summed E-state index contributed by atoms with van der Waals surface area (Å²) >= 11 is 3.37. The van der Waals surface area contributed by atoms with E-state index in [1.807, 2.05) is 24.3 Å². The Hall–Kier alpha value is -3.00. The molecule has 8 heteroatoms. The van der Waals surface area contributed by atoms with Crippen LogP contribution in [0.2, 0.25) is 0 Å². The van der Waals surface area contributed by atoms with Gasteiger partial charge in [0.25, 0.3) is 5.56 Å². The van der Waals surface area contributed by atoms with Crippen LogP contribution >= 0.6 is 15.9 Å². The maximum absolute atomic E-state index is 12.3.